The van der Waals surface area contributed by atoms with E-state index in [1.54, 1.807) is 0 Å². The van der Waals surface area contributed by atoms with E-state index in [1.807, 2.05) is 0 Å². The zero-order chi connectivity index (χ0) is 10.7. The maximum absolute atomic E-state index is 3.64. The van der Waals surface area contributed by atoms with Gasteiger partial charge in [-0.2, -0.15) is 17.8 Å². The second-order valence-electron chi connectivity index (χ2n) is 4.18. The van der Waals surface area contributed by atoms with E-state index in [1.165, 1.54) is 0 Å². The second kappa shape index (κ2) is 43.0. The van der Waals surface area contributed by atoms with E-state index < -0.39 is 0 Å². The van der Waals surface area contributed by atoms with Gasteiger partial charge in [-0.3, -0.25) is 0 Å². The molecule has 17 heavy (non-hydrogen) atoms. The molecule has 0 aliphatic heterocycles. The first-order chi connectivity index (χ1) is 5.20. The third-order valence-electron chi connectivity index (χ3n) is 0. The summed E-state index contributed by atoms with van der Waals surface area (Å²) in [6, 6.07) is 0. The van der Waals surface area contributed by atoms with E-state index in [0.717, 1.165) is 0 Å². The van der Waals surface area contributed by atoms with Crippen LogP contribution in [0.15, 0.2) is 0 Å². The van der Waals surface area contributed by atoms with Crippen LogP contribution < -0.4 is 37.2 Å². The van der Waals surface area contributed by atoms with Crippen LogP contribution in [0.4, 0.5) is 0 Å². The van der Waals surface area contributed by atoms with Gasteiger partial charge in [0.25, 0.3) is 0 Å². The molecule has 0 nitrogen and oxygen atoms in total. The summed E-state index contributed by atoms with van der Waals surface area (Å²) < 4.78 is 0. The fourth-order valence-electron chi connectivity index (χ4n) is 0. The van der Waals surface area contributed by atoms with E-state index >= 15 is 0 Å². The third kappa shape index (κ3) is 1220. The van der Waals surface area contributed by atoms with Gasteiger partial charge in [0.2, 0.25) is 0 Å². The number of rotatable bonds is 0. The minimum Gasteiger partial charge on any atom is -1.00 e. The van der Waals surface area contributed by atoms with Crippen molar-refractivity contribution in [2.24, 2.45) is 17.8 Å². The molecule has 0 aromatic heterocycles. The molecular weight excluding hydrogens is 304 g/mol. The molecule has 102 valence electrons. The Morgan fingerprint density at radius 2 is 0.471 bits per heavy atom. The largest absolute Gasteiger partial charge is 3.00 e. The Kier molecular flexibility index (Phi) is 129. The Labute approximate surface area is 151 Å². The van der Waals surface area contributed by atoms with Crippen molar-refractivity contribution in [2.75, 3.05) is 0 Å². The Hall–Kier alpha value is 1.93. The first-order valence-corrected chi connectivity index (χ1v) is 4.69. The van der Waals surface area contributed by atoms with Gasteiger partial charge in [-0.1, -0.05) is 41.5 Å². The summed E-state index contributed by atoms with van der Waals surface area (Å²) in [5, 5.41) is 0. The van der Waals surface area contributed by atoms with Gasteiger partial charge in [0.15, 0.2) is 0 Å². The number of hydrogen-bond acceptors (Lipinski definition) is 0. The summed E-state index contributed by atoms with van der Waals surface area (Å²) in [6.07, 6.45) is 0. The molecule has 0 radical (unpaired) electrons. The monoisotopic (exact) mass is 330 g/mol. The zero-order valence-corrected chi connectivity index (χ0v) is 16.7. The molecule has 0 atom stereocenters. The standard InChI is InChI=1S/3C4H9.2Al.3ClH/c3*1-4(2)3;;;;;/h3*4H,1H2,2-3H3;;;3*1H/q3*-1;2*+3;;;/p-3. The molecule has 0 unspecified atom stereocenters. The van der Waals surface area contributed by atoms with Crippen LogP contribution in [0.3, 0.4) is 0 Å². The third-order valence-corrected chi connectivity index (χ3v) is 0. The fraction of sp³-hybridized carbons (Fsp3) is 0.750. The molecule has 0 heterocycles. The Morgan fingerprint density at radius 3 is 0.471 bits per heavy atom. The van der Waals surface area contributed by atoms with Crippen LogP contribution in [0.1, 0.15) is 41.5 Å². The quantitative estimate of drug-likeness (QED) is 0.307. The summed E-state index contributed by atoms with van der Waals surface area (Å²) in [5.74, 6) is 1.75. The molecule has 0 amide bonds. The van der Waals surface area contributed by atoms with Crippen LogP contribution in [-0.4, -0.2) is 34.7 Å². The minimum absolute atomic E-state index is 0. The Morgan fingerprint density at radius 1 is 0.471 bits per heavy atom. The van der Waals surface area contributed by atoms with E-state index in [-0.39, 0.29) is 71.9 Å². The maximum Gasteiger partial charge on any atom is 3.00 e. The molecule has 0 N–H and O–H groups in total. The maximum atomic E-state index is 3.64. The number of hydrogen-bond donors (Lipinski definition) is 0. The average Bonchev–Trinajstić information content (AvgIpc) is 1.54. The van der Waals surface area contributed by atoms with E-state index in [9.17, 15) is 0 Å². The fourth-order valence-corrected chi connectivity index (χ4v) is 0. The predicted octanol–water partition coefficient (Wildman–Crippen LogP) is -5.32. The van der Waals surface area contributed by atoms with Gasteiger partial charge in [0.05, 0.1) is 0 Å². The van der Waals surface area contributed by atoms with Crippen molar-refractivity contribution in [3.8, 4) is 0 Å². The number of halogens is 3. The predicted molar refractivity (Wildman–Crippen MR) is 72.1 cm³/mol. The Balaban J connectivity index is -0.0000000104. The van der Waals surface area contributed by atoms with Gasteiger partial charge in [0.1, 0.15) is 0 Å². The molecule has 5 heteroatoms. The molecule has 0 aliphatic rings. The average molecular weight is 332 g/mol. The molecule has 0 spiro atoms. The first kappa shape index (κ1) is 50.9. The van der Waals surface area contributed by atoms with Crippen molar-refractivity contribution in [3.05, 3.63) is 20.8 Å². The van der Waals surface area contributed by atoms with Crippen molar-refractivity contribution in [3.63, 3.8) is 0 Å². The van der Waals surface area contributed by atoms with Gasteiger partial charge < -0.3 is 58.0 Å². The molecule has 0 bridgehead atoms. The molecule has 0 aliphatic carbocycles. The van der Waals surface area contributed by atoms with Crippen molar-refractivity contribution >= 4 is 34.7 Å². The molecule has 0 saturated carbocycles. The van der Waals surface area contributed by atoms with Crippen LogP contribution in [-0.2, 0) is 0 Å². The molecule has 0 saturated heterocycles. The van der Waals surface area contributed by atoms with E-state index in [4.69, 9.17) is 0 Å². The summed E-state index contributed by atoms with van der Waals surface area (Å²) in [4.78, 5) is 0. The van der Waals surface area contributed by atoms with Gasteiger partial charge in [-0.25, -0.2) is 0 Å². The van der Waals surface area contributed by atoms with Gasteiger partial charge in [0, 0.05) is 0 Å². The van der Waals surface area contributed by atoms with Crippen LogP contribution in [0, 0.1) is 38.5 Å². The first-order valence-electron chi connectivity index (χ1n) is 4.69. The van der Waals surface area contributed by atoms with Crippen molar-refractivity contribution in [1.82, 2.24) is 0 Å². The van der Waals surface area contributed by atoms with Crippen molar-refractivity contribution in [2.45, 2.75) is 41.5 Å². The van der Waals surface area contributed by atoms with Crippen LogP contribution in [0.2, 0.25) is 0 Å². The van der Waals surface area contributed by atoms with E-state index in [0.29, 0.717) is 17.8 Å². The van der Waals surface area contributed by atoms with Gasteiger partial charge in [-0.15, -0.1) is 0 Å². The van der Waals surface area contributed by atoms with Gasteiger partial charge >= 0.3 is 34.7 Å². The van der Waals surface area contributed by atoms with Crippen molar-refractivity contribution in [1.29, 1.82) is 0 Å². The smallest absolute Gasteiger partial charge is 1.00 e. The van der Waals surface area contributed by atoms with Gasteiger partial charge in [-0.05, 0) is 0 Å². The SMILES string of the molecule is [Al+3].[Al+3].[CH2-]C(C)C.[CH2-]C(C)C.[CH2-]C(C)C.[Cl-].[Cl-].[Cl-]. The normalized spacial score (nSPS) is 6.35. The van der Waals surface area contributed by atoms with E-state index in [2.05, 4.69) is 62.3 Å². The summed E-state index contributed by atoms with van der Waals surface area (Å²) in [5.41, 5.74) is 0. The van der Waals surface area contributed by atoms with Crippen molar-refractivity contribution < 1.29 is 37.2 Å². The summed E-state index contributed by atoms with van der Waals surface area (Å²) in [7, 11) is 0. The van der Waals surface area contributed by atoms with Crippen LogP contribution in [0.5, 0.6) is 0 Å². The topological polar surface area (TPSA) is 0 Å². The molecule has 0 aromatic carbocycles. The molecule has 0 rings (SSSR count). The zero-order valence-electron chi connectivity index (χ0n) is 12.1. The summed E-state index contributed by atoms with van der Waals surface area (Å²) >= 11 is 0. The minimum atomic E-state index is 0. The molecule has 0 aromatic rings. The molecular formula is C12H27Al2Cl3. The second-order valence-corrected chi connectivity index (χ2v) is 4.18. The Bertz CT molecular complexity index is 48.2. The van der Waals surface area contributed by atoms with Crippen LogP contribution in [0.25, 0.3) is 0 Å². The molecule has 0 fully saturated rings. The van der Waals surface area contributed by atoms with Crippen LogP contribution >= 0.6 is 0 Å². The summed E-state index contributed by atoms with van der Waals surface area (Å²) in [6.45, 7) is 23.2.